The first kappa shape index (κ1) is 16.1. The minimum Gasteiger partial charge on any atom is -0.396 e. The van der Waals surface area contributed by atoms with Crippen molar-refractivity contribution in [3.8, 4) is 0 Å². The lowest BCUT2D eigenvalue weighted by atomic mass is 9.81. The molecule has 0 unspecified atom stereocenters. The Morgan fingerprint density at radius 3 is 2.52 bits per heavy atom. The summed E-state index contributed by atoms with van der Waals surface area (Å²) >= 11 is 0. The van der Waals surface area contributed by atoms with E-state index in [1.165, 1.54) is 12.1 Å². The second-order valence-electron chi connectivity index (χ2n) is 6.04. The molecule has 1 heterocycles. The molecule has 23 heavy (non-hydrogen) atoms. The van der Waals surface area contributed by atoms with E-state index >= 15 is 0 Å². The molecule has 0 amide bonds. The van der Waals surface area contributed by atoms with Crippen LogP contribution in [0.1, 0.15) is 23.5 Å². The molecule has 2 atom stereocenters. The lowest BCUT2D eigenvalue weighted by Gasteiger charge is -2.37. The summed E-state index contributed by atoms with van der Waals surface area (Å²) in [5.74, 6) is 0.125. The molecule has 0 saturated carbocycles. The van der Waals surface area contributed by atoms with Crippen LogP contribution in [-0.4, -0.2) is 29.9 Å². The third-order valence-electron chi connectivity index (χ3n) is 4.49. The van der Waals surface area contributed by atoms with E-state index in [1.54, 1.807) is 0 Å². The highest BCUT2D eigenvalue weighted by atomic mass is 19.1. The molecule has 4 heteroatoms. The monoisotopic (exact) mass is 315 g/mol. The maximum Gasteiger partial charge on any atom is 0.123 e. The molecule has 2 aromatic rings. The molecule has 1 N–H and O–H groups in total. The van der Waals surface area contributed by atoms with E-state index in [0.29, 0.717) is 13.2 Å². The Hall–Kier alpha value is -1.75. The van der Waals surface area contributed by atoms with Crippen molar-refractivity contribution >= 4 is 0 Å². The highest BCUT2D eigenvalue weighted by molar-refractivity contribution is 5.22. The molecule has 0 aromatic heterocycles. The zero-order valence-electron chi connectivity index (χ0n) is 13.1. The van der Waals surface area contributed by atoms with Gasteiger partial charge in [0.25, 0.3) is 0 Å². The Bertz CT molecular complexity index is 603. The van der Waals surface area contributed by atoms with Crippen molar-refractivity contribution in [3.63, 3.8) is 0 Å². The highest BCUT2D eigenvalue weighted by Crippen LogP contribution is 2.33. The number of aliphatic hydroxyl groups excluding tert-OH is 1. The number of halogens is 1. The van der Waals surface area contributed by atoms with Crippen LogP contribution < -0.4 is 0 Å². The second kappa shape index (κ2) is 7.68. The maximum absolute atomic E-state index is 13.1. The molecule has 1 aliphatic heterocycles. The van der Waals surface area contributed by atoms with Crippen LogP contribution >= 0.6 is 0 Å². The summed E-state index contributed by atoms with van der Waals surface area (Å²) in [6, 6.07) is 16.7. The fourth-order valence-electron chi connectivity index (χ4n) is 3.19. The number of hydrogen-bond acceptors (Lipinski definition) is 3. The predicted octanol–water partition coefficient (Wildman–Crippen LogP) is 3.36. The molecule has 2 aromatic carbocycles. The fraction of sp³-hybridized carbons (Fsp3) is 0.368. The quantitative estimate of drug-likeness (QED) is 0.918. The van der Waals surface area contributed by atoms with Gasteiger partial charge in [0.2, 0.25) is 0 Å². The summed E-state index contributed by atoms with van der Waals surface area (Å²) in [6.07, 6.45) is 0.894. The molecule has 1 saturated heterocycles. The molecular weight excluding hydrogens is 293 g/mol. The predicted molar refractivity (Wildman–Crippen MR) is 87.1 cm³/mol. The van der Waals surface area contributed by atoms with E-state index in [1.807, 2.05) is 47.5 Å². The zero-order chi connectivity index (χ0) is 16.1. The van der Waals surface area contributed by atoms with E-state index in [-0.39, 0.29) is 24.3 Å². The molecule has 0 spiro atoms. The van der Waals surface area contributed by atoms with Gasteiger partial charge in [-0.15, -0.1) is 0 Å². The number of rotatable bonds is 5. The van der Waals surface area contributed by atoms with E-state index in [0.717, 1.165) is 24.1 Å². The number of nitrogens with zero attached hydrogens (tertiary/aromatic N) is 1. The van der Waals surface area contributed by atoms with Crippen molar-refractivity contribution in [2.75, 3.05) is 19.7 Å². The number of aliphatic hydroxyl groups is 1. The minimum atomic E-state index is -0.224. The van der Waals surface area contributed by atoms with E-state index in [2.05, 4.69) is 0 Å². The normalized spacial score (nSPS) is 22.2. The van der Waals surface area contributed by atoms with Gasteiger partial charge in [-0.25, -0.2) is 4.39 Å². The Balaban J connectivity index is 1.59. The lowest BCUT2D eigenvalue weighted by Crippen LogP contribution is -2.40. The maximum atomic E-state index is 13.1. The molecule has 3 nitrogen and oxygen atoms in total. The zero-order valence-corrected chi connectivity index (χ0v) is 13.1. The van der Waals surface area contributed by atoms with Crippen LogP contribution in [0.2, 0.25) is 0 Å². The summed E-state index contributed by atoms with van der Waals surface area (Å²) in [4.78, 5) is 5.87. The van der Waals surface area contributed by atoms with Crippen LogP contribution in [-0.2, 0) is 11.4 Å². The largest absolute Gasteiger partial charge is 0.396 e. The Labute approximate surface area is 136 Å². The summed E-state index contributed by atoms with van der Waals surface area (Å²) < 4.78 is 13.1. The first-order valence-corrected chi connectivity index (χ1v) is 8.04. The van der Waals surface area contributed by atoms with E-state index in [4.69, 9.17) is 4.84 Å². The van der Waals surface area contributed by atoms with Crippen LogP contribution in [0.3, 0.4) is 0 Å². The molecule has 0 radical (unpaired) electrons. The molecule has 3 rings (SSSR count). The van der Waals surface area contributed by atoms with Crippen molar-refractivity contribution in [3.05, 3.63) is 71.5 Å². The van der Waals surface area contributed by atoms with Crippen LogP contribution in [0.25, 0.3) is 0 Å². The average molecular weight is 315 g/mol. The Morgan fingerprint density at radius 2 is 1.83 bits per heavy atom. The standard InChI is InChI=1S/C19H22FNO2/c20-18-8-6-16(7-9-18)19-10-11-21(12-17(19)13-22)23-14-15-4-2-1-3-5-15/h1-9,17,19,22H,10-14H2/t17-,19-/m0/s1. The van der Waals surface area contributed by atoms with Gasteiger partial charge in [-0.3, -0.25) is 4.84 Å². The van der Waals surface area contributed by atoms with Gasteiger partial charge in [0, 0.05) is 25.6 Å². The Kier molecular flexibility index (Phi) is 5.39. The topological polar surface area (TPSA) is 32.7 Å². The molecule has 122 valence electrons. The van der Waals surface area contributed by atoms with Gasteiger partial charge in [0.05, 0.1) is 6.61 Å². The van der Waals surface area contributed by atoms with Crippen LogP contribution in [0.4, 0.5) is 4.39 Å². The number of piperidine rings is 1. The van der Waals surface area contributed by atoms with Crippen molar-refractivity contribution < 1.29 is 14.3 Å². The van der Waals surface area contributed by atoms with Gasteiger partial charge >= 0.3 is 0 Å². The highest BCUT2D eigenvalue weighted by Gasteiger charge is 2.30. The first-order chi connectivity index (χ1) is 11.3. The van der Waals surface area contributed by atoms with Crippen LogP contribution in [0.5, 0.6) is 0 Å². The lowest BCUT2D eigenvalue weighted by molar-refractivity contribution is -0.193. The second-order valence-corrected chi connectivity index (χ2v) is 6.04. The Morgan fingerprint density at radius 1 is 1.09 bits per heavy atom. The minimum absolute atomic E-state index is 0.102. The van der Waals surface area contributed by atoms with Gasteiger partial charge in [-0.05, 0) is 35.6 Å². The smallest absolute Gasteiger partial charge is 0.123 e. The van der Waals surface area contributed by atoms with Gasteiger partial charge in [0.1, 0.15) is 5.82 Å². The van der Waals surface area contributed by atoms with Gasteiger partial charge in [-0.2, -0.15) is 5.06 Å². The van der Waals surface area contributed by atoms with E-state index in [9.17, 15) is 9.50 Å². The summed E-state index contributed by atoms with van der Waals surface area (Å²) in [7, 11) is 0. The summed E-state index contributed by atoms with van der Waals surface area (Å²) in [5.41, 5.74) is 2.22. The molecule has 0 bridgehead atoms. The third kappa shape index (κ3) is 4.16. The van der Waals surface area contributed by atoms with Gasteiger partial charge < -0.3 is 5.11 Å². The van der Waals surface area contributed by atoms with Gasteiger partial charge in [0.15, 0.2) is 0 Å². The average Bonchev–Trinajstić information content (AvgIpc) is 2.61. The molecular formula is C19H22FNO2. The molecule has 0 aliphatic carbocycles. The first-order valence-electron chi connectivity index (χ1n) is 8.04. The van der Waals surface area contributed by atoms with Crippen molar-refractivity contribution in [2.24, 2.45) is 5.92 Å². The summed E-state index contributed by atoms with van der Waals surface area (Å²) in [5, 5.41) is 11.7. The number of hydroxylamine groups is 2. The van der Waals surface area contributed by atoms with Crippen molar-refractivity contribution in [1.29, 1.82) is 0 Å². The van der Waals surface area contributed by atoms with Crippen LogP contribution in [0, 0.1) is 11.7 Å². The number of hydrogen-bond donors (Lipinski definition) is 1. The fourth-order valence-corrected chi connectivity index (χ4v) is 3.19. The van der Waals surface area contributed by atoms with Crippen molar-refractivity contribution in [1.82, 2.24) is 5.06 Å². The van der Waals surface area contributed by atoms with E-state index < -0.39 is 0 Å². The summed E-state index contributed by atoms with van der Waals surface area (Å²) in [6.45, 7) is 2.14. The molecule has 1 fully saturated rings. The van der Waals surface area contributed by atoms with Crippen LogP contribution in [0.15, 0.2) is 54.6 Å². The number of benzene rings is 2. The van der Waals surface area contributed by atoms with Gasteiger partial charge in [-0.1, -0.05) is 42.5 Å². The SMILES string of the molecule is OC[C@@H]1CN(OCc2ccccc2)CC[C@H]1c1ccc(F)cc1. The third-order valence-corrected chi connectivity index (χ3v) is 4.49. The van der Waals surface area contributed by atoms with Crippen molar-refractivity contribution in [2.45, 2.75) is 18.9 Å². The molecule has 1 aliphatic rings.